The fraction of sp³-hybridized carbons (Fsp3) is 0.538. The topological polar surface area (TPSA) is 0 Å². The van der Waals surface area contributed by atoms with E-state index in [-0.39, 0.29) is 0 Å². The SMILES string of the molecule is CC.Cc1ccc(C2(C)CC2)cc1. The van der Waals surface area contributed by atoms with Gasteiger partial charge >= 0.3 is 0 Å². The van der Waals surface area contributed by atoms with Gasteiger partial charge < -0.3 is 0 Å². The summed E-state index contributed by atoms with van der Waals surface area (Å²) >= 11 is 0. The van der Waals surface area contributed by atoms with Crippen molar-refractivity contribution in [3.63, 3.8) is 0 Å². The van der Waals surface area contributed by atoms with Crippen LogP contribution in [0, 0.1) is 6.92 Å². The summed E-state index contributed by atoms with van der Waals surface area (Å²) in [6, 6.07) is 8.95. The summed E-state index contributed by atoms with van der Waals surface area (Å²) in [6.07, 6.45) is 2.74. The lowest BCUT2D eigenvalue weighted by molar-refractivity contribution is 0.787. The highest BCUT2D eigenvalue weighted by atomic mass is 14.4. The standard InChI is InChI=1S/C11H14.C2H6/c1-9-3-5-10(6-4-9)11(2)7-8-11;1-2/h3-6H,7-8H2,1-2H3;1-2H3. The third kappa shape index (κ3) is 2.33. The second kappa shape index (κ2) is 3.95. The smallest absolute Gasteiger partial charge is 0.00746 e. The number of hydrogen-bond acceptors (Lipinski definition) is 0. The summed E-state index contributed by atoms with van der Waals surface area (Å²) in [5.74, 6) is 0. The van der Waals surface area contributed by atoms with Crippen LogP contribution in [0.2, 0.25) is 0 Å². The molecule has 0 nitrogen and oxygen atoms in total. The lowest BCUT2D eigenvalue weighted by atomic mass is 9.98. The fourth-order valence-corrected chi connectivity index (χ4v) is 1.43. The number of hydrogen-bond donors (Lipinski definition) is 0. The van der Waals surface area contributed by atoms with Gasteiger partial charge in [0, 0.05) is 0 Å². The zero-order valence-corrected chi connectivity index (χ0v) is 9.22. The molecule has 0 aliphatic heterocycles. The first-order valence-corrected chi connectivity index (χ1v) is 5.28. The molecule has 0 unspecified atom stereocenters. The highest BCUT2D eigenvalue weighted by molar-refractivity contribution is 5.32. The molecule has 1 aliphatic rings. The zero-order valence-electron chi connectivity index (χ0n) is 9.22. The first kappa shape index (κ1) is 10.3. The predicted molar refractivity (Wildman–Crippen MR) is 59.1 cm³/mol. The molecular formula is C13H20. The van der Waals surface area contributed by atoms with E-state index >= 15 is 0 Å². The lowest BCUT2D eigenvalue weighted by Crippen LogP contribution is -1.98. The molecule has 0 aromatic heterocycles. The molecule has 0 radical (unpaired) electrons. The normalized spacial score (nSPS) is 17.2. The molecule has 1 aliphatic carbocycles. The number of aryl methyl sites for hydroxylation is 1. The highest BCUT2D eigenvalue weighted by Gasteiger charge is 2.38. The van der Waals surface area contributed by atoms with Gasteiger partial charge in [-0.1, -0.05) is 50.6 Å². The maximum absolute atomic E-state index is 2.34. The molecule has 0 saturated heterocycles. The molecule has 0 amide bonds. The molecule has 0 heteroatoms. The minimum Gasteiger partial charge on any atom is -0.0683 e. The monoisotopic (exact) mass is 176 g/mol. The Morgan fingerprint density at radius 2 is 1.46 bits per heavy atom. The molecule has 0 spiro atoms. The van der Waals surface area contributed by atoms with Crippen molar-refractivity contribution in [1.82, 2.24) is 0 Å². The van der Waals surface area contributed by atoms with Crippen LogP contribution < -0.4 is 0 Å². The van der Waals surface area contributed by atoms with E-state index in [9.17, 15) is 0 Å². The number of benzene rings is 1. The Morgan fingerprint density at radius 1 is 1.00 bits per heavy atom. The minimum atomic E-state index is 0.535. The van der Waals surface area contributed by atoms with E-state index in [1.54, 1.807) is 0 Å². The van der Waals surface area contributed by atoms with Crippen molar-refractivity contribution in [2.75, 3.05) is 0 Å². The molecule has 1 saturated carbocycles. The summed E-state index contributed by atoms with van der Waals surface area (Å²) in [6.45, 7) is 8.48. The van der Waals surface area contributed by atoms with Gasteiger partial charge in [0.1, 0.15) is 0 Å². The van der Waals surface area contributed by atoms with Crippen LogP contribution >= 0.6 is 0 Å². The number of rotatable bonds is 1. The molecule has 0 atom stereocenters. The van der Waals surface area contributed by atoms with Crippen LogP contribution in [-0.4, -0.2) is 0 Å². The molecule has 2 rings (SSSR count). The van der Waals surface area contributed by atoms with Crippen molar-refractivity contribution in [3.05, 3.63) is 35.4 Å². The summed E-state index contributed by atoms with van der Waals surface area (Å²) in [5, 5.41) is 0. The van der Waals surface area contributed by atoms with Gasteiger partial charge in [0.2, 0.25) is 0 Å². The molecule has 72 valence electrons. The largest absolute Gasteiger partial charge is 0.0683 e. The van der Waals surface area contributed by atoms with Crippen LogP contribution in [0.1, 0.15) is 44.7 Å². The van der Waals surface area contributed by atoms with Gasteiger partial charge in [-0.05, 0) is 30.7 Å². The van der Waals surface area contributed by atoms with Crippen molar-refractivity contribution in [1.29, 1.82) is 0 Å². The quantitative estimate of drug-likeness (QED) is 0.605. The van der Waals surface area contributed by atoms with Gasteiger partial charge in [-0.2, -0.15) is 0 Å². The Morgan fingerprint density at radius 3 is 1.85 bits per heavy atom. The van der Waals surface area contributed by atoms with Gasteiger partial charge in [-0.15, -0.1) is 0 Å². The minimum absolute atomic E-state index is 0.535. The van der Waals surface area contributed by atoms with Crippen LogP contribution in [0.15, 0.2) is 24.3 Å². The second-order valence-electron chi connectivity index (χ2n) is 3.93. The molecule has 1 aromatic carbocycles. The predicted octanol–water partition coefficient (Wildman–Crippen LogP) is 4.07. The first-order valence-electron chi connectivity index (χ1n) is 5.28. The average molecular weight is 176 g/mol. The molecule has 0 bridgehead atoms. The van der Waals surface area contributed by atoms with Crippen LogP contribution in [0.5, 0.6) is 0 Å². The molecule has 1 fully saturated rings. The molecule has 0 N–H and O–H groups in total. The van der Waals surface area contributed by atoms with Crippen molar-refractivity contribution in [3.8, 4) is 0 Å². The van der Waals surface area contributed by atoms with E-state index in [0.717, 1.165) is 0 Å². The third-order valence-corrected chi connectivity index (χ3v) is 2.75. The van der Waals surface area contributed by atoms with Gasteiger partial charge in [0.05, 0.1) is 0 Å². The van der Waals surface area contributed by atoms with E-state index in [4.69, 9.17) is 0 Å². The van der Waals surface area contributed by atoms with Gasteiger partial charge in [-0.25, -0.2) is 0 Å². The van der Waals surface area contributed by atoms with Gasteiger partial charge in [-0.3, -0.25) is 0 Å². The van der Waals surface area contributed by atoms with E-state index in [0.29, 0.717) is 5.41 Å². The second-order valence-corrected chi connectivity index (χ2v) is 3.93. The van der Waals surface area contributed by atoms with Crippen molar-refractivity contribution in [2.45, 2.75) is 46.0 Å². The van der Waals surface area contributed by atoms with E-state index in [1.165, 1.54) is 24.0 Å². The molecule has 0 heterocycles. The summed E-state index contributed by atoms with van der Waals surface area (Å²) in [7, 11) is 0. The van der Waals surface area contributed by atoms with E-state index in [1.807, 2.05) is 13.8 Å². The maximum Gasteiger partial charge on any atom is -0.00746 e. The molecule has 13 heavy (non-hydrogen) atoms. The highest BCUT2D eigenvalue weighted by Crippen LogP contribution is 2.47. The van der Waals surface area contributed by atoms with E-state index in [2.05, 4.69) is 38.1 Å². The van der Waals surface area contributed by atoms with Crippen LogP contribution in [-0.2, 0) is 5.41 Å². The Kier molecular flexibility index (Phi) is 3.13. The van der Waals surface area contributed by atoms with Crippen LogP contribution in [0.4, 0.5) is 0 Å². The Hall–Kier alpha value is -0.780. The molecule has 1 aromatic rings. The first-order chi connectivity index (χ1) is 6.21. The zero-order chi connectivity index (χ0) is 9.90. The van der Waals surface area contributed by atoms with Gasteiger partial charge in [0.25, 0.3) is 0 Å². The Labute approximate surface area is 82.0 Å². The van der Waals surface area contributed by atoms with E-state index < -0.39 is 0 Å². The van der Waals surface area contributed by atoms with Crippen LogP contribution in [0.25, 0.3) is 0 Å². The third-order valence-electron chi connectivity index (χ3n) is 2.75. The fourth-order valence-electron chi connectivity index (χ4n) is 1.43. The lowest BCUT2D eigenvalue weighted by Gasteiger charge is -2.07. The molecular weight excluding hydrogens is 156 g/mol. The maximum atomic E-state index is 2.34. The summed E-state index contributed by atoms with van der Waals surface area (Å²) in [5.41, 5.74) is 3.41. The Bertz CT molecular complexity index is 252. The summed E-state index contributed by atoms with van der Waals surface area (Å²) in [4.78, 5) is 0. The van der Waals surface area contributed by atoms with Gasteiger partial charge in [0.15, 0.2) is 0 Å². The van der Waals surface area contributed by atoms with Crippen LogP contribution in [0.3, 0.4) is 0 Å². The average Bonchev–Trinajstić information content (AvgIpc) is 2.89. The van der Waals surface area contributed by atoms with Crippen molar-refractivity contribution < 1.29 is 0 Å². The van der Waals surface area contributed by atoms with Crippen molar-refractivity contribution in [2.24, 2.45) is 0 Å². The Balaban J connectivity index is 0.000000396. The summed E-state index contributed by atoms with van der Waals surface area (Å²) < 4.78 is 0. The van der Waals surface area contributed by atoms with Crippen molar-refractivity contribution >= 4 is 0 Å².